The average molecular weight is 700 g/mol. The SMILES string of the molecule is O=C(O)c1ccc2c(c1)nc(Nc1cccc(Cl)c1)c1ccncc12.O=C(O)c1ccc2c(c1)nc(Nc1cccc(Cl)c1)c1ccncc12. The molecule has 0 aliphatic heterocycles. The van der Waals surface area contributed by atoms with Gasteiger partial charge in [0.05, 0.1) is 22.2 Å². The van der Waals surface area contributed by atoms with Gasteiger partial charge in [0, 0.05) is 78.5 Å². The molecule has 8 aromatic rings. The molecule has 8 rings (SSSR count). The highest BCUT2D eigenvalue weighted by atomic mass is 35.5. The summed E-state index contributed by atoms with van der Waals surface area (Å²) in [7, 11) is 0. The van der Waals surface area contributed by atoms with Gasteiger partial charge in [0.25, 0.3) is 0 Å². The zero-order valence-electron chi connectivity index (χ0n) is 25.8. The van der Waals surface area contributed by atoms with E-state index in [1.807, 2.05) is 36.4 Å². The fourth-order valence-electron chi connectivity index (χ4n) is 5.56. The minimum atomic E-state index is -0.987. The highest BCUT2D eigenvalue weighted by molar-refractivity contribution is 6.31. The molecule has 0 aliphatic carbocycles. The van der Waals surface area contributed by atoms with Gasteiger partial charge in [-0.25, -0.2) is 19.6 Å². The monoisotopic (exact) mass is 698 g/mol. The number of fused-ring (bicyclic) bond motifs is 6. The van der Waals surface area contributed by atoms with Crippen LogP contribution in [0.25, 0.3) is 43.4 Å². The Balaban J connectivity index is 0.000000157. The van der Waals surface area contributed by atoms with Crippen LogP contribution in [0.2, 0.25) is 10.0 Å². The van der Waals surface area contributed by atoms with E-state index in [2.05, 4.69) is 30.6 Å². The Hall–Kier alpha value is -6.36. The first-order valence-corrected chi connectivity index (χ1v) is 15.9. The maximum absolute atomic E-state index is 11.3. The van der Waals surface area contributed by atoms with Gasteiger partial charge in [0.2, 0.25) is 0 Å². The summed E-state index contributed by atoms with van der Waals surface area (Å²) in [4.78, 5) is 40.1. The maximum atomic E-state index is 11.3. The number of nitrogens with one attached hydrogen (secondary N) is 2. The quantitative estimate of drug-likeness (QED) is 0.124. The summed E-state index contributed by atoms with van der Waals surface area (Å²) < 4.78 is 0. The van der Waals surface area contributed by atoms with Gasteiger partial charge in [-0.05, 0) is 72.8 Å². The summed E-state index contributed by atoms with van der Waals surface area (Å²) >= 11 is 12.1. The fourth-order valence-corrected chi connectivity index (χ4v) is 5.94. The third kappa shape index (κ3) is 6.66. The van der Waals surface area contributed by atoms with Crippen molar-refractivity contribution in [3.63, 3.8) is 0 Å². The Morgan fingerprint density at radius 3 is 1.36 bits per heavy atom. The number of hydrogen-bond donors (Lipinski definition) is 4. The second-order valence-corrected chi connectivity index (χ2v) is 12.0. The lowest BCUT2D eigenvalue weighted by Crippen LogP contribution is -1.99. The Morgan fingerprint density at radius 1 is 0.520 bits per heavy atom. The van der Waals surface area contributed by atoms with Crippen LogP contribution in [0.1, 0.15) is 20.7 Å². The van der Waals surface area contributed by atoms with Crippen LogP contribution >= 0.6 is 23.2 Å². The summed E-state index contributed by atoms with van der Waals surface area (Å²) in [6.07, 6.45) is 6.90. The van der Waals surface area contributed by atoms with E-state index in [9.17, 15) is 19.8 Å². The molecule has 0 saturated heterocycles. The Labute approximate surface area is 294 Å². The third-order valence-corrected chi connectivity index (χ3v) is 8.33. The minimum absolute atomic E-state index is 0.192. The number of anilines is 4. The van der Waals surface area contributed by atoms with E-state index in [0.717, 1.165) is 43.7 Å². The van der Waals surface area contributed by atoms with Crippen molar-refractivity contribution in [3.8, 4) is 0 Å². The van der Waals surface area contributed by atoms with Gasteiger partial charge in [-0.3, -0.25) is 9.97 Å². The van der Waals surface area contributed by atoms with Crippen molar-refractivity contribution in [1.29, 1.82) is 0 Å². The number of carboxylic acids is 2. The van der Waals surface area contributed by atoms with E-state index in [-0.39, 0.29) is 11.1 Å². The van der Waals surface area contributed by atoms with Crippen LogP contribution in [0, 0.1) is 0 Å². The van der Waals surface area contributed by atoms with E-state index < -0.39 is 11.9 Å². The summed E-state index contributed by atoms with van der Waals surface area (Å²) in [5.41, 5.74) is 3.16. The van der Waals surface area contributed by atoms with Crippen molar-refractivity contribution in [2.45, 2.75) is 0 Å². The van der Waals surface area contributed by atoms with Crippen LogP contribution in [0.15, 0.2) is 122 Å². The maximum Gasteiger partial charge on any atom is 0.335 e. The zero-order valence-corrected chi connectivity index (χ0v) is 27.3. The van der Waals surface area contributed by atoms with E-state index in [0.29, 0.717) is 32.7 Å². The van der Waals surface area contributed by atoms with E-state index in [1.54, 1.807) is 85.5 Å². The van der Waals surface area contributed by atoms with Crippen LogP contribution in [0.3, 0.4) is 0 Å². The number of halogens is 2. The molecule has 0 saturated carbocycles. The van der Waals surface area contributed by atoms with Crippen molar-refractivity contribution in [1.82, 2.24) is 19.9 Å². The van der Waals surface area contributed by atoms with E-state index >= 15 is 0 Å². The number of carbonyl (C=O) groups is 2. The highest BCUT2D eigenvalue weighted by Crippen LogP contribution is 2.33. The second-order valence-electron chi connectivity index (χ2n) is 11.1. The van der Waals surface area contributed by atoms with Gasteiger partial charge in [0.15, 0.2) is 0 Å². The number of rotatable bonds is 6. The first kappa shape index (κ1) is 32.2. The van der Waals surface area contributed by atoms with Crippen molar-refractivity contribution >= 4 is 102 Å². The second kappa shape index (κ2) is 13.6. The molecule has 0 atom stereocenters. The molecular weight excluding hydrogens is 675 g/mol. The van der Waals surface area contributed by atoms with Gasteiger partial charge in [-0.2, -0.15) is 0 Å². The molecule has 4 aromatic carbocycles. The topological polar surface area (TPSA) is 150 Å². The molecule has 0 spiro atoms. The standard InChI is InChI=1S/2C19H12ClN3O2/c2*20-12-2-1-3-13(9-12)22-18-15-6-7-21-10-16(15)14-5-4-11(19(24)25)8-17(14)23-18/h2*1-10H,(H,22,23)(H,24,25). The molecule has 0 amide bonds. The van der Waals surface area contributed by atoms with Gasteiger partial charge in [-0.1, -0.05) is 47.5 Å². The van der Waals surface area contributed by atoms with Gasteiger partial charge < -0.3 is 20.8 Å². The number of aromatic nitrogens is 4. The van der Waals surface area contributed by atoms with E-state index in [4.69, 9.17) is 23.2 Å². The van der Waals surface area contributed by atoms with Crippen LogP contribution < -0.4 is 10.6 Å². The molecule has 0 bridgehead atoms. The number of nitrogens with zero attached hydrogens (tertiary/aromatic N) is 4. The molecule has 0 fully saturated rings. The molecule has 10 nitrogen and oxygen atoms in total. The van der Waals surface area contributed by atoms with Crippen molar-refractivity contribution in [2.75, 3.05) is 10.6 Å². The normalized spacial score (nSPS) is 10.9. The van der Waals surface area contributed by atoms with Gasteiger partial charge in [-0.15, -0.1) is 0 Å². The molecular formula is C38H24Cl2N6O4. The Morgan fingerprint density at radius 2 is 0.960 bits per heavy atom. The molecule has 0 aliphatic rings. The summed E-state index contributed by atoms with van der Waals surface area (Å²) in [6, 6.07) is 28.2. The number of hydrogen-bond acceptors (Lipinski definition) is 8. The lowest BCUT2D eigenvalue weighted by Gasteiger charge is -2.12. The predicted octanol–water partition coefficient (Wildman–Crippen LogP) is 9.76. The lowest BCUT2D eigenvalue weighted by atomic mass is 10.1. The van der Waals surface area contributed by atoms with Gasteiger partial charge in [0.1, 0.15) is 11.6 Å². The summed E-state index contributed by atoms with van der Waals surface area (Å²) in [5, 5.41) is 31.5. The van der Waals surface area contributed by atoms with Crippen LogP contribution in [0.4, 0.5) is 23.0 Å². The number of pyridine rings is 4. The Kier molecular flexibility index (Phi) is 8.78. The number of aromatic carboxylic acids is 2. The first-order chi connectivity index (χ1) is 24.2. The van der Waals surface area contributed by atoms with Crippen LogP contribution in [-0.4, -0.2) is 42.1 Å². The van der Waals surface area contributed by atoms with E-state index in [1.165, 1.54) is 0 Å². The molecule has 4 aromatic heterocycles. The zero-order chi connectivity index (χ0) is 34.8. The number of carboxylic acid groups (broad SMARTS) is 2. The molecule has 0 radical (unpaired) electrons. The smallest absolute Gasteiger partial charge is 0.335 e. The molecule has 0 unspecified atom stereocenters. The summed E-state index contributed by atoms with van der Waals surface area (Å²) in [5.74, 6) is -0.733. The number of benzene rings is 4. The van der Waals surface area contributed by atoms with Crippen LogP contribution in [-0.2, 0) is 0 Å². The largest absolute Gasteiger partial charge is 0.478 e. The molecule has 50 heavy (non-hydrogen) atoms. The fraction of sp³-hybridized carbons (Fsp3) is 0. The first-order valence-electron chi connectivity index (χ1n) is 15.1. The Bertz CT molecular complexity index is 2440. The highest BCUT2D eigenvalue weighted by Gasteiger charge is 2.13. The van der Waals surface area contributed by atoms with Gasteiger partial charge >= 0.3 is 11.9 Å². The lowest BCUT2D eigenvalue weighted by molar-refractivity contribution is 0.0686. The van der Waals surface area contributed by atoms with Crippen molar-refractivity contribution in [2.24, 2.45) is 0 Å². The molecule has 4 heterocycles. The van der Waals surface area contributed by atoms with Crippen molar-refractivity contribution in [3.05, 3.63) is 143 Å². The molecule has 12 heteroatoms. The molecule has 244 valence electrons. The summed E-state index contributed by atoms with van der Waals surface area (Å²) in [6.45, 7) is 0. The predicted molar refractivity (Wildman–Crippen MR) is 197 cm³/mol. The van der Waals surface area contributed by atoms with Crippen LogP contribution in [0.5, 0.6) is 0 Å². The minimum Gasteiger partial charge on any atom is -0.478 e. The third-order valence-electron chi connectivity index (χ3n) is 7.86. The van der Waals surface area contributed by atoms with Crippen molar-refractivity contribution < 1.29 is 19.8 Å². The average Bonchev–Trinajstić information content (AvgIpc) is 3.11. The molecule has 4 N–H and O–H groups in total.